The second-order valence-electron chi connectivity index (χ2n) is 9.84. The number of imidazole rings is 1. The lowest BCUT2D eigenvalue weighted by atomic mass is 10.0. The van der Waals surface area contributed by atoms with Crippen molar-refractivity contribution in [1.82, 2.24) is 9.55 Å². The molecule has 0 saturated carbocycles. The van der Waals surface area contributed by atoms with Crippen molar-refractivity contribution in [2.45, 2.75) is 56.8 Å². The molecule has 0 radical (unpaired) electrons. The van der Waals surface area contributed by atoms with Crippen LogP contribution < -0.4 is 4.74 Å². The number of nitrogens with zero attached hydrogens (tertiary/aromatic N) is 2. The lowest BCUT2D eigenvalue weighted by Gasteiger charge is -2.26. The van der Waals surface area contributed by atoms with Gasteiger partial charge in [0.25, 0.3) is 0 Å². The minimum absolute atomic E-state index is 0.0407. The number of halogens is 2. The van der Waals surface area contributed by atoms with Crippen LogP contribution in [0.15, 0.2) is 48.8 Å². The maximum atomic E-state index is 15.1. The van der Waals surface area contributed by atoms with Crippen LogP contribution in [0.2, 0.25) is 0 Å². The summed E-state index contributed by atoms with van der Waals surface area (Å²) in [4.78, 5) is 4.40. The second-order valence-corrected chi connectivity index (χ2v) is 9.84. The highest BCUT2D eigenvalue weighted by atomic mass is 19.1. The van der Waals surface area contributed by atoms with E-state index in [0.717, 1.165) is 19.3 Å². The maximum absolute atomic E-state index is 15.1. The van der Waals surface area contributed by atoms with Gasteiger partial charge in [0.1, 0.15) is 29.9 Å². The number of aromatic nitrogens is 2. The van der Waals surface area contributed by atoms with Crippen molar-refractivity contribution >= 4 is 0 Å². The molecule has 2 aliphatic rings. The summed E-state index contributed by atoms with van der Waals surface area (Å²) >= 11 is 0. The van der Waals surface area contributed by atoms with Gasteiger partial charge in [0.2, 0.25) is 0 Å². The number of hydrogen-bond acceptors (Lipinski definition) is 7. The lowest BCUT2D eigenvalue weighted by molar-refractivity contribution is -0.188. The van der Waals surface area contributed by atoms with E-state index in [4.69, 9.17) is 18.9 Å². The predicted octanol–water partition coefficient (Wildman–Crippen LogP) is 4.16. The van der Waals surface area contributed by atoms with Gasteiger partial charge in [-0.25, -0.2) is 13.8 Å². The number of aliphatic hydroxyl groups excluding tert-OH is 2. The fourth-order valence-electron chi connectivity index (χ4n) is 4.77. The summed E-state index contributed by atoms with van der Waals surface area (Å²) in [7, 11) is 0. The second kappa shape index (κ2) is 12.9. The molecule has 2 saturated heterocycles. The Balaban J connectivity index is 1.28. The molecule has 0 amide bonds. The topological polar surface area (TPSA) is 95.2 Å². The molecule has 0 spiro atoms. The Labute approximate surface area is 231 Å². The Morgan fingerprint density at radius 1 is 1.15 bits per heavy atom. The summed E-state index contributed by atoms with van der Waals surface area (Å²) in [5, 5.41) is 19.9. The molecule has 2 fully saturated rings. The molecular formula is C30H32F2N2O6. The van der Waals surface area contributed by atoms with E-state index in [2.05, 4.69) is 16.8 Å². The third-order valence-corrected chi connectivity index (χ3v) is 6.94. The maximum Gasteiger partial charge on any atom is 0.165 e. The molecule has 3 aromatic rings. The van der Waals surface area contributed by atoms with Crippen molar-refractivity contribution < 1.29 is 37.9 Å². The van der Waals surface area contributed by atoms with Crippen LogP contribution in [0.3, 0.4) is 0 Å². The van der Waals surface area contributed by atoms with Gasteiger partial charge in [-0.05, 0) is 56.0 Å². The number of hydrogen-bond donors (Lipinski definition) is 2. The SMILES string of the molecule is C[C@H](OC1CCCCO1)c1nccn1[C@@H](C#Cc1ccc(-c2ccc(OC3COC[C@H]3O)c(F)c2)c(F)c1)CO. The predicted molar refractivity (Wildman–Crippen MR) is 141 cm³/mol. The minimum Gasteiger partial charge on any atom is -0.482 e. The van der Waals surface area contributed by atoms with Crippen molar-refractivity contribution in [2.24, 2.45) is 0 Å². The largest absolute Gasteiger partial charge is 0.482 e. The Morgan fingerprint density at radius 2 is 2.02 bits per heavy atom. The average molecular weight is 555 g/mol. The van der Waals surface area contributed by atoms with Crippen molar-refractivity contribution in [3.05, 3.63) is 71.8 Å². The standard InChI is InChI=1S/C30H32F2N2O6/c1-19(39-29-4-2-3-13-38-29)30-33-11-12-34(30)22(16-35)8-5-20-6-9-23(24(31)14-20)21-7-10-27(25(32)15-21)40-28-18-37-17-26(28)36/h6-7,9-12,14-15,19,22,26,28-29,35-36H,2-4,13,16-18H2,1H3/t19-,22-,26+,28?,29?/m0/s1. The van der Waals surface area contributed by atoms with Gasteiger partial charge in [0.05, 0.1) is 19.8 Å². The van der Waals surface area contributed by atoms with E-state index >= 15 is 4.39 Å². The van der Waals surface area contributed by atoms with E-state index in [0.29, 0.717) is 23.6 Å². The van der Waals surface area contributed by atoms with E-state index in [-0.39, 0.29) is 43.5 Å². The van der Waals surface area contributed by atoms with Crippen molar-refractivity contribution in [1.29, 1.82) is 0 Å². The summed E-state index contributed by atoms with van der Waals surface area (Å²) < 4.78 is 53.8. The Morgan fingerprint density at radius 3 is 2.73 bits per heavy atom. The Kier molecular flexibility index (Phi) is 9.09. The third-order valence-electron chi connectivity index (χ3n) is 6.94. The molecular weight excluding hydrogens is 522 g/mol. The fourth-order valence-corrected chi connectivity index (χ4v) is 4.77. The van der Waals surface area contributed by atoms with E-state index in [1.54, 1.807) is 29.1 Å². The van der Waals surface area contributed by atoms with Crippen LogP contribution in [-0.2, 0) is 14.2 Å². The summed E-state index contributed by atoms with van der Waals surface area (Å²) in [6.07, 6.45) is 4.07. The molecule has 2 unspecified atom stereocenters. The van der Waals surface area contributed by atoms with Crippen LogP contribution in [0.25, 0.3) is 11.1 Å². The van der Waals surface area contributed by atoms with Gasteiger partial charge in [0.15, 0.2) is 24.0 Å². The van der Waals surface area contributed by atoms with Gasteiger partial charge in [-0.2, -0.15) is 0 Å². The average Bonchev–Trinajstić information content (AvgIpc) is 3.60. The minimum atomic E-state index is -0.830. The van der Waals surface area contributed by atoms with Gasteiger partial charge >= 0.3 is 0 Å². The number of rotatable bonds is 8. The highest BCUT2D eigenvalue weighted by Crippen LogP contribution is 2.30. The van der Waals surface area contributed by atoms with E-state index in [1.807, 2.05) is 6.92 Å². The first-order valence-electron chi connectivity index (χ1n) is 13.4. The highest BCUT2D eigenvalue weighted by molar-refractivity contribution is 5.66. The zero-order valence-corrected chi connectivity index (χ0v) is 22.1. The van der Waals surface area contributed by atoms with Crippen LogP contribution in [0.4, 0.5) is 8.78 Å². The van der Waals surface area contributed by atoms with E-state index < -0.39 is 29.9 Å². The Hall–Kier alpha value is -3.33. The molecule has 40 heavy (non-hydrogen) atoms. The van der Waals surface area contributed by atoms with Crippen molar-refractivity contribution in [3.63, 3.8) is 0 Å². The van der Waals surface area contributed by atoms with Gasteiger partial charge in [-0.15, -0.1) is 0 Å². The smallest absolute Gasteiger partial charge is 0.165 e. The normalized spacial score (nSPS) is 22.4. The molecule has 5 rings (SSSR count). The third kappa shape index (κ3) is 6.52. The molecule has 8 nitrogen and oxygen atoms in total. The van der Waals surface area contributed by atoms with E-state index in [1.165, 1.54) is 24.3 Å². The van der Waals surface area contributed by atoms with Gasteiger partial charge in [-0.1, -0.05) is 24.0 Å². The molecule has 1 aromatic heterocycles. The van der Waals surface area contributed by atoms with Crippen LogP contribution in [0, 0.1) is 23.5 Å². The quantitative estimate of drug-likeness (QED) is 0.404. The van der Waals surface area contributed by atoms with Crippen LogP contribution >= 0.6 is 0 Å². The number of aliphatic hydroxyl groups is 2. The van der Waals surface area contributed by atoms with Crippen LogP contribution in [0.1, 0.15) is 49.7 Å². The monoisotopic (exact) mass is 554 g/mol. The van der Waals surface area contributed by atoms with Crippen LogP contribution in [0.5, 0.6) is 5.75 Å². The van der Waals surface area contributed by atoms with Crippen molar-refractivity contribution in [2.75, 3.05) is 26.4 Å². The molecule has 212 valence electrons. The lowest BCUT2D eigenvalue weighted by Crippen LogP contribution is -2.30. The Bertz CT molecular complexity index is 1360. The van der Waals surface area contributed by atoms with Gasteiger partial charge < -0.3 is 33.7 Å². The first-order chi connectivity index (χ1) is 19.4. The molecule has 0 aliphatic carbocycles. The summed E-state index contributed by atoms with van der Waals surface area (Å²) in [6.45, 7) is 2.57. The molecule has 2 aliphatic heterocycles. The summed E-state index contributed by atoms with van der Waals surface area (Å²) in [5.74, 6) is 5.23. The first kappa shape index (κ1) is 28.2. The number of ether oxygens (including phenoxy) is 4. The molecule has 5 atom stereocenters. The zero-order valence-electron chi connectivity index (χ0n) is 22.1. The van der Waals surface area contributed by atoms with Gasteiger partial charge in [0, 0.05) is 30.1 Å². The summed E-state index contributed by atoms with van der Waals surface area (Å²) in [6, 6.07) is 7.95. The summed E-state index contributed by atoms with van der Waals surface area (Å²) in [5.41, 5.74) is 0.931. The molecule has 3 heterocycles. The molecule has 2 N–H and O–H groups in total. The number of benzene rings is 2. The highest BCUT2D eigenvalue weighted by Gasteiger charge is 2.29. The fraction of sp³-hybridized carbons (Fsp3) is 0.433. The van der Waals surface area contributed by atoms with Crippen molar-refractivity contribution in [3.8, 4) is 28.7 Å². The molecule has 2 aromatic carbocycles. The molecule has 0 bridgehead atoms. The molecule has 10 heteroatoms. The van der Waals surface area contributed by atoms with Gasteiger partial charge in [-0.3, -0.25) is 0 Å². The zero-order chi connectivity index (χ0) is 28.1. The van der Waals surface area contributed by atoms with E-state index in [9.17, 15) is 14.6 Å². The van der Waals surface area contributed by atoms with Crippen LogP contribution in [-0.4, -0.2) is 64.7 Å². The first-order valence-corrected chi connectivity index (χ1v) is 13.4.